The van der Waals surface area contributed by atoms with Gasteiger partial charge in [-0.05, 0) is 106 Å². The summed E-state index contributed by atoms with van der Waals surface area (Å²) < 4.78 is 6.66. The number of nitrogens with zero attached hydrogens (tertiary/aromatic N) is 2. The molecule has 3 nitrogen and oxygen atoms in total. The molecule has 0 radical (unpaired) electrons. The Balaban J connectivity index is 1.27. The number of hydrogen-bond acceptors (Lipinski definition) is 3. The van der Waals surface area contributed by atoms with E-state index in [1.54, 1.807) is 0 Å². The van der Waals surface area contributed by atoms with E-state index in [9.17, 15) is 0 Å². The van der Waals surface area contributed by atoms with E-state index in [2.05, 4.69) is 209 Å². The van der Waals surface area contributed by atoms with E-state index in [0.29, 0.717) is 0 Å². The molecule has 0 atom stereocenters. The Labute approximate surface area is 301 Å². The molecule has 252 valence electrons. The van der Waals surface area contributed by atoms with Crippen molar-refractivity contribution >= 4 is 66.8 Å². The second kappa shape index (κ2) is 12.5. The number of hydrogen-bond donors (Lipinski definition) is 0. The van der Waals surface area contributed by atoms with E-state index in [-0.39, 0.29) is 10.8 Å². The van der Waals surface area contributed by atoms with Crippen molar-refractivity contribution in [3.05, 3.63) is 169 Å². The molecule has 0 saturated carbocycles. The molecule has 0 aliphatic heterocycles. The maximum Gasteiger partial charge on any atom is 0.137 e. The summed E-state index contributed by atoms with van der Waals surface area (Å²) in [4.78, 5) is 4.67. The van der Waals surface area contributed by atoms with E-state index in [1.807, 2.05) is 0 Å². The van der Waals surface area contributed by atoms with Crippen molar-refractivity contribution in [2.45, 2.75) is 52.4 Å². The molecule has 8 aromatic rings. The van der Waals surface area contributed by atoms with Gasteiger partial charge in [-0.1, -0.05) is 114 Å². The number of fused-ring (bicyclic) bond motifs is 5. The lowest BCUT2D eigenvalue weighted by atomic mass is 9.87. The maximum atomic E-state index is 6.66. The molecule has 3 heteroatoms. The normalized spacial score (nSPS) is 12.1. The van der Waals surface area contributed by atoms with Gasteiger partial charge in [0.1, 0.15) is 11.2 Å². The lowest BCUT2D eigenvalue weighted by Crippen LogP contribution is -2.13. The molecule has 0 spiro atoms. The van der Waals surface area contributed by atoms with Crippen molar-refractivity contribution in [2.75, 3.05) is 9.80 Å². The second-order valence-electron chi connectivity index (χ2n) is 15.5. The summed E-state index contributed by atoms with van der Waals surface area (Å²) in [6, 6.07) is 56.7. The van der Waals surface area contributed by atoms with Crippen LogP contribution < -0.4 is 9.80 Å². The zero-order valence-corrected chi connectivity index (χ0v) is 30.3. The standard InChI is InChI=1S/C48H44N2O/c1-47(2,3)33-20-24-37(25-21-33)49(35-14-9-7-10-15-35)39-28-29-42-45(32-39)51-44-31-30-40-41(46(42)44)18-13-19-43(40)50(36-16-11-8-12-17-36)38-26-22-34(23-27-38)48(4,5)6/h7-32H,1-6H3. The van der Waals surface area contributed by atoms with Gasteiger partial charge in [-0.15, -0.1) is 0 Å². The van der Waals surface area contributed by atoms with Crippen LogP contribution in [0.25, 0.3) is 32.7 Å². The van der Waals surface area contributed by atoms with Gasteiger partial charge in [0.25, 0.3) is 0 Å². The highest BCUT2D eigenvalue weighted by Gasteiger charge is 2.21. The smallest absolute Gasteiger partial charge is 0.137 e. The first-order valence-corrected chi connectivity index (χ1v) is 17.9. The summed E-state index contributed by atoms with van der Waals surface area (Å²) in [6.45, 7) is 13.5. The fraction of sp³-hybridized carbons (Fsp3) is 0.167. The Morgan fingerprint density at radius 3 is 1.43 bits per heavy atom. The summed E-state index contributed by atoms with van der Waals surface area (Å²) in [5, 5.41) is 4.58. The van der Waals surface area contributed by atoms with Crippen molar-refractivity contribution in [1.82, 2.24) is 0 Å². The summed E-state index contributed by atoms with van der Waals surface area (Å²) in [5.41, 5.74) is 11.2. The van der Waals surface area contributed by atoms with Crippen molar-refractivity contribution in [1.29, 1.82) is 0 Å². The maximum absolute atomic E-state index is 6.66. The molecule has 0 unspecified atom stereocenters. The lowest BCUT2D eigenvalue weighted by Gasteiger charge is -2.28. The van der Waals surface area contributed by atoms with Gasteiger partial charge in [0.15, 0.2) is 0 Å². The van der Waals surface area contributed by atoms with Crippen LogP contribution in [-0.2, 0) is 10.8 Å². The fourth-order valence-corrected chi connectivity index (χ4v) is 7.19. The van der Waals surface area contributed by atoms with E-state index < -0.39 is 0 Å². The average Bonchev–Trinajstić information content (AvgIpc) is 3.51. The molecular formula is C48H44N2O. The van der Waals surface area contributed by atoms with Crippen LogP contribution in [0.2, 0.25) is 0 Å². The third kappa shape index (κ3) is 6.04. The van der Waals surface area contributed by atoms with Crippen LogP contribution in [0.4, 0.5) is 34.1 Å². The van der Waals surface area contributed by atoms with Crippen LogP contribution in [0, 0.1) is 0 Å². The van der Waals surface area contributed by atoms with Crippen molar-refractivity contribution < 1.29 is 4.42 Å². The molecule has 0 N–H and O–H groups in total. The number of anilines is 6. The largest absolute Gasteiger partial charge is 0.456 e. The number of furan rings is 1. The first-order chi connectivity index (χ1) is 24.6. The van der Waals surface area contributed by atoms with E-state index in [0.717, 1.165) is 56.1 Å². The summed E-state index contributed by atoms with van der Waals surface area (Å²) in [7, 11) is 0. The SMILES string of the molecule is CC(C)(C)c1ccc(N(c2ccccc2)c2ccc3c(c2)oc2ccc4c(N(c5ccccc5)c5ccc(C(C)(C)C)cc5)cccc4c23)cc1. The Kier molecular flexibility index (Phi) is 7.95. The third-order valence-corrected chi connectivity index (χ3v) is 9.97. The average molecular weight is 665 g/mol. The zero-order chi connectivity index (χ0) is 35.3. The minimum Gasteiger partial charge on any atom is -0.456 e. The summed E-state index contributed by atoms with van der Waals surface area (Å²) in [5.74, 6) is 0. The molecule has 51 heavy (non-hydrogen) atoms. The van der Waals surface area contributed by atoms with Crippen LogP contribution in [0.3, 0.4) is 0 Å². The van der Waals surface area contributed by atoms with Crippen molar-refractivity contribution in [3.63, 3.8) is 0 Å². The van der Waals surface area contributed by atoms with Gasteiger partial charge in [0.05, 0.1) is 5.69 Å². The first-order valence-electron chi connectivity index (χ1n) is 17.9. The Hall–Kier alpha value is -5.80. The molecule has 0 saturated heterocycles. The Bertz CT molecular complexity index is 2460. The molecule has 7 aromatic carbocycles. The highest BCUT2D eigenvalue weighted by atomic mass is 16.3. The van der Waals surface area contributed by atoms with Gasteiger partial charge in [-0.2, -0.15) is 0 Å². The second-order valence-corrected chi connectivity index (χ2v) is 15.5. The minimum atomic E-state index is 0.0817. The summed E-state index contributed by atoms with van der Waals surface area (Å²) in [6.07, 6.45) is 0. The molecule has 0 amide bonds. The van der Waals surface area contributed by atoms with Gasteiger partial charge in [0.2, 0.25) is 0 Å². The topological polar surface area (TPSA) is 19.6 Å². The Morgan fingerprint density at radius 2 is 0.863 bits per heavy atom. The highest BCUT2D eigenvalue weighted by Crippen LogP contribution is 2.44. The monoisotopic (exact) mass is 664 g/mol. The van der Waals surface area contributed by atoms with Gasteiger partial charge < -0.3 is 14.2 Å². The third-order valence-electron chi connectivity index (χ3n) is 9.97. The molecule has 0 aliphatic rings. The van der Waals surface area contributed by atoms with Crippen LogP contribution in [-0.4, -0.2) is 0 Å². The van der Waals surface area contributed by atoms with Crippen molar-refractivity contribution in [2.24, 2.45) is 0 Å². The summed E-state index contributed by atoms with van der Waals surface area (Å²) >= 11 is 0. The van der Waals surface area contributed by atoms with Crippen LogP contribution in [0.5, 0.6) is 0 Å². The predicted octanol–water partition coefficient (Wildman–Crippen LogP) is 14.3. The van der Waals surface area contributed by atoms with E-state index >= 15 is 0 Å². The van der Waals surface area contributed by atoms with Gasteiger partial charge in [-0.25, -0.2) is 0 Å². The number of para-hydroxylation sites is 2. The van der Waals surface area contributed by atoms with Crippen LogP contribution in [0.1, 0.15) is 52.7 Å². The molecular weight excluding hydrogens is 621 g/mol. The van der Waals surface area contributed by atoms with Gasteiger partial charge >= 0.3 is 0 Å². The molecule has 0 aliphatic carbocycles. The highest BCUT2D eigenvalue weighted by molar-refractivity contribution is 6.21. The molecule has 0 bridgehead atoms. The number of rotatable bonds is 6. The van der Waals surface area contributed by atoms with E-state index in [4.69, 9.17) is 4.42 Å². The molecule has 1 aromatic heterocycles. The van der Waals surface area contributed by atoms with Gasteiger partial charge in [0, 0.05) is 50.7 Å². The zero-order valence-electron chi connectivity index (χ0n) is 30.3. The lowest BCUT2D eigenvalue weighted by molar-refractivity contribution is 0.590. The minimum absolute atomic E-state index is 0.0817. The predicted molar refractivity (Wildman–Crippen MR) is 218 cm³/mol. The molecule has 1 heterocycles. The van der Waals surface area contributed by atoms with Crippen LogP contribution >= 0.6 is 0 Å². The van der Waals surface area contributed by atoms with Gasteiger partial charge in [-0.3, -0.25) is 0 Å². The fourth-order valence-electron chi connectivity index (χ4n) is 7.19. The van der Waals surface area contributed by atoms with Crippen LogP contribution in [0.15, 0.2) is 162 Å². The first kappa shape index (κ1) is 32.4. The van der Waals surface area contributed by atoms with E-state index in [1.165, 1.54) is 21.9 Å². The Morgan fingerprint density at radius 1 is 0.373 bits per heavy atom. The van der Waals surface area contributed by atoms with Crippen molar-refractivity contribution in [3.8, 4) is 0 Å². The quantitative estimate of drug-likeness (QED) is 0.176. The number of benzene rings is 7. The molecule has 0 fully saturated rings. The molecule has 8 rings (SSSR count).